The van der Waals surface area contributed by atoms with Crippen LogP contribution in [0.5, 0.6) is 0 Å². The fourth-order valence-electron chi connectivity index (χ4n) is 1.77. The third-order valence-electron chi connectivity index (χ3n) is 2.39. The van der Waals surface area contributed by atoms with E-state index in [0.717, 1.165) is 6.61 Å². The molecule has 1 rings (SSSR count). The molecular weight excluding hydrogens is 138 g/mol. The van der Waals surface area contributed by atoms with Gasteiger partial charge in [0.1, 0.15) is 0 Å². The molecule has 1 fully saturated rings. The highest BCUT2D eigenvalue weighted by Gasteiger charge is 2.26. The summed E-state index contributed by atoms with van der Waals surface area (Å²) in [6.07, 6.45) is 2.89. The lowest BCUT2D eigenvalue weighted by atomic mass is 9.94. The molecule has 66 valence electrons. The Balaban J connectivity index is 2.44. The SMILES string of the molecule is CN[C@H]1CCCO[C@@H]1C(C)C. The van der Waals surface area contributed by atoms with Crippen molar-refractivity contribution in [3.05, 3.63) is 0 Å². The zero-order valence-corrected chi connectivity index (χ0v) is 7.76. The highest BCUT2D eigenvalue weighted by Crippen LogP contribution is 2.19. The van der Waals surface area contributed by atoms with Crippen LogP contribution >= 0.6 is 0 Å². The smallest absolute Gasteiger partial charge is 0.0750 e. The van der Waals surface area contributed by atoms with E-state index in [1.807, 2.05) is 7.05 Å². The molecule has 1 saturated heterocycles. The first-order valence-electron chi connectivity index (χ1n) is 4.54. The normalized spacial score (nSPS) is 32.7. The van der Waals surface area contributed by atoms with Crippen LogP contribution < -0.4 is 5.32 Å². The summed E-state index contributed by atoms with van der Waals surface area (Å²) in [6, 6.07) is 0.573. The molecule has 0 radical (unpaired) electrons. The maximum absolute atomic E-state index is 5.68. The molecule has 0 aromatic heterocycles. The Hall–Kier alpha value is -0.0800. The summed E-state index contributed by atoms with van der Waals surface area (Å²) in [6.45, 7) is 5.39. The van der Waals surface area contributed by atoms with E-state index in [1.54, 1.807) is 0 Å². The van der Waals surface area contributed by atoms with E-state index in [1.165, 1.54) is 12.8 Å². The fourth-order valence-corrected chi connectivity index (χ4v) is 1.77. The van der Waals surface area contributed by atoms with Crippen molar-refractivity contribution in [2.45, 2.75) is 38.8 Å². The van der Waals surface area contributed by atoms with Crippen molar-refractivity contribution in [1.82, 2.24) is 5.32 Å². The van der Waals surface area contributed by atoms with Gasteiger partial charge in [0, 0.05) is 12.6 Å². The average molecular weight is 157 g/mol. The zero-order valence-electron chi connectivity index (χ0n) is 7.76. The molecule has 0 bridgehead atoms. The van der Waals surface area contributed by atoms with Gasteiger partial charge in [-0.3, -0.25) is 0 Å². The van der Waals surface area contributed by atoms with Gasteiger partial charge >= 0.3 is 0 Å². The highest BCUT2D eigenvalue weighted by atomic mass is 16.5. The average Bonchev–Trinajstić information content (AvgIpc) is 2.04. The van der Waals surface area contributed by atoms with Crippen LogP contribution in [0.3, 0.4) is 0 Å². The van der Waals surface area contributed by atoms with Crippen molar-refractivity contribution in [1.29, 1.82) is 0 Å². The minimum atomic E-state index is 0.425. The molecule has 2 nitrogen and oxygen atoms in total. The molecule has 2 heteroatoms. The fraction of sp³-hybridized carbons (Fsp3) is 1.00. The number of hydrogen-bond donors (Lipinski definition) is 1. The second-order valence-corrected chi connectivity index (χ2v) is 3.62. The van der Waals surface area contributed by atoms with E-state index in [4.69, 9.17) is 4.74 Å². The summed E-state index contributed by atoms with van der Waals surface area (Å²) in [5.41, 5.74) is 0. The number of likely N-dealkylation sites (N-methyl/N-ethyl adjacent to an activating group) is 1. The minimum Gasteiger partial charge on any atom is -0.376 e. The maximum atomic E-state index is 5.68. The first-order valence-corrected chi connectivity index (χ1v) is 4.54. The van der Waals surface area contributed by atoms with E-state index in [9.17, 15) is 0 Å². The first-order chi connectivity index (χ1) is 5.25. The Kier molecular flexibility index (Phi) is 3.34. The van der Waals surface area contributed by atoms with Crippen LogP contribution in [0.2, 0.25) is 0 Å². The minimum absolute atomic E-state index is 0.425. The summed E-state index contributed by atoms with van der Waals surface area (Å²) >= 11 is 0. The van der Waals surface area contributed by atoms with Crippen molar-refractivity contribution >= 4 is 0 Å². The summed E-state index contributed by atoms with van der Waals surface area (Å²) in [5.74, 6) is 0.632. The lowest BCUT2D eigenvalue weighted by Gasteiger charge is -2.34. The molecule has 1 aliphatic rings. The molecule has 0 amide bonds. The van der Waals surface area contributed by atoms with Crippen LogP contribution in [0.4, 0.5) is 0 Å². The molecule has 2 atom stereocenters. The predicted octanol–water partition coefficient (Wildman–Crippen LogP) is 1.41. The van der Waals surface area contributed by atoms with Gasteiger partial charge < -0.3 is 10.1 Å². The molecule has 1 aliphatic heterocycles. The number of rotatable bonds is 2. The third-order valence-corrected chi connectivity index (χ3v) is 2.39. The topological polar surface area (TPSA) is 21.3 Å². The molecule has 0 unspecified atom stereocenters. The van der Waals surface area contributed by atoms with Gasteiger partial charge in [0.2, 0.25) is 0 Å². The lowest BCUT2D eigenvalue weighted by Crippen LogP contribution is -2.45. The van der Waals surface area contributed by atoms with Crippen molar-refractivity contribution in [2.75, 3.05) is 13.7 Å². The summed E-state index contributed by atoms with van der Waals surface area (Å²) in [4.78, 5) is 0. The van der Waals surface area contributed by atoms with Gasteiger partial charge in [0.05, 0.1) is 6.10 Å². The van der Waals surface area contributed by atoms with Gasteiger partial charge in [0.15, 0.2) is 0 Å². The Morgan fingerprint density at radius 2 is 2.18 bits per heavy atom. The van der Waals surface area contributed by atoms with E-state index < -0.39 is 0 Å². The summed E-state index contributed by atoms with van der Waals surface area (Å²) in [5, 5.41) is 3.31. The Labute approximate surface area is 69.3 Å². The Bertz CT molecular complexity index is 114. The van der Waals surface area contributed by atoms with Crippen molar-refractivity contribution in [2.24, 2.45) is 5.92 Å². The lowest BCUT2D eigenvalue weighted by molar-refractivity contribution is -0.0333. The maximum Gasteiger partial charge on any atom is 0.0750 e. The van der Waals surface area contributed by atoms with Crippen LogP contribution in [-0.4, -0.2) is 25.8 Å². The number of ether oxygens (including phenoxy) is 1. The number of hydrogen-bond acceptors (Lipinski definition) is 2. The largest absolute Gasteiger partial charge is 0.376 e. The van der Waals surface area contributed by atoms with Crippen LogP contribution in [0.15, 0.2) is 0 Å². The van der Waals surface area contributed by atoms with Crippen LogP contribution in [0, 0.1) is 5.92 Å². The first kappa shape index (κ1) is 9.01. The van der Waals surface area contributed by atoms with Gasteiger partial charge in [-0.1, -0.05) is 13.8 Å². The molecule has 0 aromatic rings. The van der Waals surface area contributed by atoms with Crippen molar-refractivity contribution in [3.8, 4) is 0 Å². The summed E-state index contributed by atoms with van der Waals surface area (Å²) in [7, 11) is 2.02. The standard InChI is InChI=1S/C9H19NO/c1-7(2)9-8(10-3)5-4-6-11-9/h7-10H,4-6H2,1-3H3/t8-,9+/m0/s1. The molecule has 0 spiro atoms. The van der Waals surface area contributed by atoms with Gasteiger partial charge in [0.25, 0.3) is 0 Å². The highest BCUT2D eigenvalue weighted by molar-refractivity contribution is 4.81. The Morgan fingerprint density at radius 1 is 1.45 bits per heavy atom. The molecule has 1 heterocycles. The number of nitrogens with one attached hydrogen (secondary N) is 1. The molecule has 0 saturated carbocycles. The monoisotopic (exact) mass is 157 g/mol. The molecule has 1 N–H and O–H groups in total. The quantitative estimate of drug-likeness (QED) is 0.654. The summed E-state index contributed by atoms with van der Waals surface area (Å²) < 4.78 is 5.68. The van der Waals surface area contributed by atoms with Crippen molar-refractivity contribution in [3.63, 3.8) is 0 Å². The van der Waals surface area contributed by atoms with Gasteiger partial charge in [-0.25, -0.2) is 0 Å². The molecule has 0 aliphatic carbocycles. The van der Waals surface area contributed by atoms with E-state index >= 15 is 0 Å². The van der Waals surface area contributed by atoms with E-state index in [0.29, 0.717) is 18.1 Å². The molecule has 11 heavy (non-hydrogen) atoms. The predicted molar refractivity (Wildman–Crippen MR) is 46.7 cm³/mol. The second kappa shape index (κ2) is 4.07. The van der Waals surface area contributed by atoms with Gasteiger partial charge in [-0.2, -0.15) is 0 Å². The second-order valence-electron chi connectivity index (χ2n) is 3.62. The van der Waals surface area contributed by atoms with Crippen LogP contribution in [0.25, 0.3) is 0 Å². The van der Waals surface area contributed by atoms with Crippen LogP contribution in [0.1, 0.15) is 26.7 Å². The zero-order chi connectivity index (χ0) is 8.27. The van der Waals surface area contributed by atoms with Crippen LogP contribution in [-0.2, 0) is 4.74 Å². The Morgan fingerprint density at radius 3 is 2.64 bits per heavy atom. The van der Waals surface area contributed by atoms with Gasteiger partial charge in [-0.15, -0.1) is 0 Å². The van der Waals surface area contributed by atoms with E-state index in [-0.39, 0.29) is 0 Å². The van der Waals surface area contributed by atoms with Gasteiger partial charge in [-0.05, 0) is 25.8 Å². The molecule has 0 aromatic carbocycles. The third kappa shape index (κ3) is 2.17. The van der Waals surface area contributed by atoms with E-state index in [2.05, 4.69) is 19.2 Å². The van der Waals surface area contributed by atoms with Crippen molar-refractivity contribution < 1.29 is 4.74 Å². The molecular formula is C9H19NO.